The van der Waals surface area contributed by atoms with Crippen molar-refractivity contribution in [2.24, 2.45) is 5.92 Å². The Morgan fingerprint density at radius 1 is 1.09 bits per heavy atom. The van der Waals surface area contributed by atoms with Gasteiger partial charge in [0.15, 0.2) is 0 Å². The number of carbonyl (C=O) groups is 2. The second-order valence-electron chi connectivity index (χ2n) is 9.10. The van der Waals surface area contributed by atoms with E-state index in [1.165, 1.54) is 0 Å². The van der Waals surface area contributed by atoms with E-state index in [1.807, 2.05) is 64.9 Å². The number of nitrogens with zero attached hydrogens (tertiary/aromatic N) is 1. The maximum Gasteiger partial charge on any atom is 0.254 e. The molecule has 2 atom stereocenters. The number of benzene rings is 2. The summed E-state index contributed by atoms with van der Waals surface area (Å²) in [5.74, 6) is 1.18. The zero-order chi connectivity index (χ0) is 24.9. The van der Waals surface area contributed by atoms with Gasteiger partial charge in [-0.2, -0.15) is 0 Å². The highest BCUT2D eigenvalue weighted by Crippen LogP contribution is 2.44. The molecule has 1 N–H and O–H groups in total. The molecule has 4 rings (SSSR count). The average molecular weight is 493 g/mol. The fourth-order valence-corrected chi connectivity index (χ4v) is 5.63. The Balaban J connectivity index is 1.63. The summed E-state index contributed by atoms with van der Waals surface area (Å²) in [6.45, 7) is 5.21. The Morgan fingerprint density at radius 2 is 1.89 bits per heavy atom. The number of hydrogen-bond donors (Lipinski definition) is 1. The number of carbonyl (C=O) groups excluding carboxylic acids is 2. The van der Waals surface area contributed by atoms with Gasteiger partial charge in [-0.25, -0.2) is 0 Å². The first kappa shape index (κ1) is 24.8. The summed E-state index contributed by atoms with van der Waals surface area (Å²) in [5, 5.41) is 5.14. The molecule has 0 radical (unpaired) electrons. The predicted octanol–water partition coefficient (Wildman–Crippen LogP) is 5.06. The molecule has 0 unspecified atom stereocenters. The molecule has 1 aliphatic heterocycles. The molecule has 35 heavy (non-hydrogen) atoms. The van der Waals surface area contributed by atoms with E-state index in [0.717, 1.165) is 27.5 Å². The van der Waals surface area contributed by atoms with Crippen molar-refractivity contribution in [1.29, 1.82) is 0 Å². The summed E-state index contributed by atoms with van der Waals surface area (Å²) in [7, 11) is 3.26. The Morgan fingerprint density at radius 3 is 2.57 bits per heavy atom. The standard InChI is InChI=1S/C28H32N2O4S/c1-18(2)17-30-26(24-10-7-15-35-24)25(21-8-5-6-9-22(21)28(30)32)27(31)29-14-13-19-16-20(33-3)11-12-23(19)34-4/h5-12,15-16,18,25-26H,13-14,17H2,1-4H3,(H,29,31)/t25-,26-/m0/s1. The molecule has 0 saturated heterocycles. The first-order valence-corrected chi connectivity index (χ1v) is 12.7. The van der Waals surface area contributed by atoms with Crippen molar-refractivity contribution < 1.29 is 19.1 Å². The minimum atomic E-state index is -0.492. The highest BCUT2D eigenvalue weighted by molar-refractivity contribution is 7.10. The van der Waals surface area contributed by atoms with Crippen molar-refractivity contribution in [1.82, 2.24) is 10.2 Å². The second kappa shape index (κ2) is 11.0. The summed E-state index contributed by atoms with van der Waals surface area (Å²) in [6, 6.07) is 16.8. The van der Waals surface area contributed by atoms with Crippen LogP contribution in [0.5, 0.6) is 11.5 Å². The van der Waals surface area contributed by atoms with Crippen LogP contribution >= 0.6 is 11.3 Å². The number of fused-ring (bicyclic) bond motifs is 1. The number of amides is 2. The van der Waals surface area contributed by atoms with Crippen LogP contribution in [0.25, 0.3) is 0 Å². The third kappa shape index (κ3) is 5.20. The Hall–Kier alpha value is -3.32. The highest BCUT2D eigenvalue weighted by Gasteiger charge is 2.44. The summed E-state index contributed by atoms with van der Waals surface area (Å²) in [5.41, 5.74) is 2.35. The molecule has 7 heteroatoms. The fourth-order valence-electron chi connectivity index (χ4n) is 4.75. The molecule has 2 amide bonds. The van der Waals surface area contributed by atoms with E-state index in [0.29, 0.717) is 25.1 Å². The van der Waals surface area contributed by atoms with Crippen LogP contribution in [0, 0.1) is 5.92 Å². The van der Waals surface area contributed by atoms with Crippen molar-refractivity contribution in [2.75, 3.05) is 27.3 Å². The summed E-state index contributed by atoms with van der Waals surface area (Å²) in [4.78, 5) is 30.2. The molecule has 184 valence electrons. The number of nitrogens with one attached hydrogen (secondary N) is 1. The molecule has 0 saturated carbocycles. The van der Waals surface area contributed by atoms with Crippen molar-refractivity contribution in [3.63, 3.8) is 0 Å². The Labute approximate surface area is 210 Å². The van der Waals surface area contributed by atoms with Gasteiger partial charge in [-0.1, -0.05) is 38.1 Å². The zero-order valence-electron chi connectivity index (χ0n) is 20.6. The molecular formula is C28H32N2O4S. The smallest absolute Gasteiger partial charge is 0.254 e. The van der Waals surface area contributed by atoms with Crippen molar-refractivity contribution in [3.05, 3.63) is 81.5 Å². The van der Waals surface area contributed by atoms with Crippen LogP contribution < -0.4 is 14.8 Å². The van der Waals surface area contributed by atoms with Crippen LogP contribution in [-0.2, 0) is 11.2 Å². The number of hydrogen-bond acceptors (Lipinski definition) is 5. The lowest BCUT2D eigenvalue weighted by Gasteiger charge is -2.42. The topological polar surface area (TPSA) is 67.9 Å². The Kier molecular flexibility index (Phi) is 7.76. The summed E-state index contributed by atoms with van der Waals surface area (Å²) in [6.07, 6.45) is 0.596. The maximum absolute atomic E-state index is 13.8. The molecule has 3 aromatic rings. The van der Waals surface area contributed by atoms with Gasteiger partial charge in [-0.05, 0) is 59.2 Å². The highest BCUT2D eigenvalue weighted by atomic mass is 32.1. The minimum Gasteiger partial charge on any atom is -0.497 e. The minimum absolute atomic E-state index is 0.0159. The lowest BCUT2D eigenvalue weighted by atomic mass is 9.81. The number of methoxy groups -OCH3 is 2. The van der Waals surface area contributed by atoms with Gasteiger partial charge >= 0.3 is 0 Å². The summed E-state index contributed by atoms with van der Waals surface area (Å²) < 4.78 is 10.8. The van der Waals surface area contributed by atoms with E-state index in [1.54, 1.807) is 25.6 Å². The van der Waals surface area contributed by atoms with Gasteiger partial charge in [0, 0.05) is 23.5 Å². The molecule has 0 spiro atoms. The van der Waals surface area contributed by atoms with E-state index in [4.69, 9.17) is 9.47 Å². The van der Waals surface area contributed by atoms with Crippen LogP contribution in [0.15, 0.2) is 60.0 Å². The van der Waals surface area contributed by atoms with Crippen LogP contribution in [0.3, 0.4) is 0 Å². The molecule has 1 aromatic heterocycles. The van der Waals surface area contributed by atoms with Gasteiger partial charge in [0.05, 0.1) is 26.2 Å². The van der Waals surface area contributed by atoms with Crippen molar-refractivity contribution in [3.8, 4) is 11.5 Å². The van der Waals surface area contributed by atoms with Gasteiger partial charge in [0.1, 0.15) is 11.5 Å². The van der Waals surface area contributed by atoms with E-state index in [9.17, 15) is 9.59 Å². The van der Waals surface area contributed by atoms with Gasteiger partial charge in [0.25, 0.3) is 5.91 Å². The molecule has 6 nitrogen and oxygen atoms in total. The van der Waals surface area contributed by atoms with E-state index in [2.05, 4.69) is 19.2 Å². The Bertz CT molecular complexity index is 1180. The average Bonchev–Trinajstić information content (AvgIpc) is 3.39. The molecule has 1 aliphatic rings. The lowest BCUT2D eigenvalue weighted by molar-refractivity contribution is -0.124. The van der Waals surface area contributed by atoms with Crippen LogP contribution in [-0.4, -0.2) is 44.0 Å². The third-order valence-electron chi connectivity index (χ3n) is 6.30. The molecule has 0 fully saturated rings. The largest absolute Gasteiger partial charge is 0.497 e. The van der Waals surface area contributed by atoms with E-state index < -0.39 is 5.92 Å². The first-order chi connectivity index (χ1) is 16.9. The number of ether oxygens (including phenoxy) is 2. The number of rotatable bonds is 9. The third-order valence-corrected chi connectivity index (χ3v) is 7.24. The van der Waals surface area contributed by atoms with Gasteiger partial charge in [-0.15, -0.1) is 11.3 Å². The van der Waals surface area contributed by atoms with Crippen LogP contribution in [0.2, 0.25) is 0 Å². The van der Waals surface area contributed by atoms with Crippen LogP contribution in [0.1, 0.15) is 52.2 Å². The summed E-state index contributed by atoms with van der Waals surface area (Å²) >= 11 is 1.58. The molecule has 2 aromatic carbocycles. The van der Waals surface area contributed by atoms with E-state index >= 15 is 0 Å². The molecule has 2 heterocycles. The van der Waals surface area contributed by atoms with Crippen molar-refractivity contribution >= 4 is 23.2 Å². The van der Waals surface area contributed by atoms with Gasteiger partial charge in [0.2, 0.25) is 5.91 Å². The van der Waals surface area contributed by atoms with Crippen molar-refractivity contribution in [2.45, 2.75) is 32.2 Å². The quantitative estimate of drug-likeness (QED) is 0.453. The normalized spacial score (nSPS) is 17.3. The van der Waals surface area contributed by atoms with E-state index in [-0.39, 0.29) is 23.8 Å². The monoisotopic (exact) mass is 492 g/mol. The van der Waals surface area contributed by atoms with Crippen LogP contribution in [0.4, 0.5) is 0 Å². The first-order valence-electron chi connectivity index (χ1n) is 11.9. The molecule has 0 aliphatic carbocycles. The maximum atomic E-state index is 13.8. The fraction of sp³-hybridized carbons (Fsp3) is 0.357. The second-order valence-corrected chi connectivity index (χ2v) is 10.1. The predicted molar refractivity (Wildman–Crippen MR) is 138 cm³/mol. The van der Waals surface area contributed by atoms with Gasteiger partial charge in [-0.3, -0.25) is 9.59 Å². The SMILES string of the molecule is COc1ccc(OC)c(CCNC(=O)[C@H]2c3ccccc3C(=O)N(CC(C)C)[C@H]2c2cccs2)c1. The zero-order valence-corrected chi connectivity index (χ0v) is 21.4. The molecule has 0 bridgehead atoms. The lowest BCUT2D eigenvalue weighted by Crippen LogP contribution is -2.48. The number of thiophene rings is 1. The molecular weight excluding hydrogens is 460 g/mol. The van der Waals surface area contributed by atoms with Gasteiger partial charge < -0.3 is 19.7 Å².